The number of rotatable bonds is 3. The quantitative estimate of drug-likeness (QED) is 0.755. The summed E-state index contributed by atoms with van der Waals surface area (Å²) in [4.78, 5) is 14.1. The summed E-state index contributed by atoms with van der Waals surface area (Å²) in [6.07, 6.45) is -3.88. The third-order valence-electron chi connectivity index (χ3n) is 4.81. The Morgan fingerprint density at radius 2 is 1.86 bits per heavy atom. The lowest BCUT2D eigenvalue weighted by Crippen LogP contribution is -2.46. The van der Waals surface area contributed by atoms with Gasteiger partial charge in [-0.3, -0.25) is 4.90 Å². The Hall–Kier alpha value is -3.27. The van der Waals surface area contributed by atoms with E-state index in [1.54, 1.807) is 31.2 Å². The van der Waals surface area contributed by atoms with Crippen LogP contribution in [-0.4, -0.2) is 6.03 Å². The minimum Gasteiger partial charge on any atom is -0.327 e. The first-order chi connectivity index (χ1) is 13.3. The number of carbonyl (C=O) groups excluding carboxylic acids is 1. The summed E-state index contributed by atoms with van der Waals surface area (Å²) in [5, 5.41) is 11.8. The predicted molar refractivity (Wildman–Crippen MR) is 99.3 cm³/mol. The van der Waals surface area contributed by atoms with Gasteiger partial charge in [-0.15, -0.1) is 0 Å². The van der Waals surface area contributed by atoms with Crippen molar-refractivity contribution in [2.45, 2.75) is 32.5 Å². The molecule has 0 aliphatic carbocycles. The molecule has 1 N–H and O–H groups in total. The van der Waals surface area contributed by atoms with Crippen molar-refractivity contribution in [2.24, 2.45) is 0 Å². The van der Waals surface area contributed by atoms with Crippen molar-refractivity contribution in [3.8, 4) is 6.07 Å². The number of nitriles is 1. The maximum absolute atomic E-state index is 13.1. The standard InChI is InChI=1S/C21H18F3N3O/c1-3-18-13(2)27(17-6-4-5-16(11-17)21(22,23)24)20(28)26-19(18)15-9-7-14(12-25)8-10-15/h4-11,19H,3H2,1-2H3,(H,26,28). The molecule has 1 heterocycles. The highest BCUT2D eigenvalue weighted by molar-refractivity contribution is 5.97. The van der Waals surface area contributed by atoms with Crippen molar-refractivity contribution in [3.63, 3.8) is 0 Å². The molecule has 144 valence electrons. The van der Waals surface area contributed by atoms with E-state index in [4.69, 9.17) is 5.26 Å². The largest absolute Gasteiger partial charge is 0.416 e. The molecule has 28 heavy (non-hydrogen) atoms. The number of anilines is 1. The number of carbonyl (C=O) groups is 1. The Balaban J connectivity index is 2.04. The van der Waals surface area contributed by atoms with Crippen LogP contribution in [0.15, 0.2) is 59.8 Å². The molecule has 2 aromatic carbocycles. The lowest BCUT2D eigenvalue weighted by atomic mass is 9.92. The molecule has 2 aromatic rings. The zero-order valence-electron chi connectivity index (χ0n) is 15.3. The minimum atomic E-state index is -4.49. The first-order valence-corrected chi connectivity index (χ1v) is 8.73. The summed E-state index contributed by atoms with van der Waals surface area (Å²) in [6, 6.07) is 12.7. The molecular formula is C21H18F3N3O. The molecule has 1 aliphatic heterocycles. The van der Waals surface area contributed by atoms with E-state index in [0.29, 0.717) is 17.7 Å². The Bertz CT molecular complexity index is 972. The van der Waals surface area contributed by atoms with Gasteiger partial charge in [0, 0.05) is 5.70 Å². The number of alkyl halides is 3. The number of benzene rings is 2. The summed E-state index contributed by atoms with van der Waals surface area (Å²) in [6.45, 7) is 3.66. The lowest BCUT2D eigenvalue weighted by molar-refractivity contribution is -0.137. The van der Waals surface area contributed by atoms with Crippen molar-refractivity contribution in [1.29, 1.82) is 5.26 Å². The van der Waals surface area contributed by atoms with Gasteiger partial charge in [0.15, 0.2) is 0 Å². The number of urea groups is 1. The molecule has 1 aliphatic rings. The van der Waals surface area contributed by atoms with Crippen LogP contribution in [0.3, 0.4) is 0 Å². The lowest BCUT2D eigenvalue weighted by Gasteiger charge is -2.36. The molecule has 2 amide bonds. The molecule has 1 unspecified atom stereocenters. The normalized spacial score (nSPS) is 17.4. The molecule has 3 rings (SSSR count). The van der Waals surface area contributed by atoms with Crippen LogP contribution >= 0.6 is 0 Å². The van der Waals surface area contributed by atoms with Crippen LogP contribution in [0.1, 0.15) is 43.0 Å². The van der Waals surface area contributed by atoms with E-state index in [2.05, 4.69) is 5.32 Å². The highest BCUT2D eigenvalue weighted by Gasteiger charge is 2.34. The van der Waals surface area contributed by atoms with Crippen LogP contribution in [0.4, 0.5) is 23.7 Å². The van der Waals surface area contributed by atoms with Gasteiger partial charge in [-0.1, -0.05) is 25.1 Å². The number of halogens is 3. The Morgan fingerprint density at radius 1 is 1.18 bits per heavy atom. The number of amides is 2. The molecule has 0 aromatic heterocycles. The molecule has 0 fully saturated rings. The second-order valence-electron chi connectivity index (χ2n) is 6.46. The Labute approximate surface area is 160 Å². The molecule has 0 bridgehead atoms. The summed E-state index contributed by atoms with van der Waals surface area (Å²) in [5.74, 6) is 0. The number of nitrogens with zero attached hydrogens (tertiary/aromatic N) is 2. The van der Waals surface area contributed by atoms with Gasteiger partial charge in [0.25, 0.3) is 0 Å². The van der Waals surface area contributed by atoms with Crippen LogP contribution in [0.2, 0.25) is 0 Å². The minimum absolute atomic E-state index is 0.161. The topological polar surface area (TPSA) is 56.1 Å². The van der Waals surface area contributed by atoms with Gasteiger partial charge in [0.2, 0.25) is 0 Å². The van der Waals surface area contributed by atoms with E-state index >= 15 is 0 Å². The SMILES string of the molecule is CCC1=C(C)N(c2cccc(C(F)(F)F)c2)C(=O)NC1c1ccc(C#N)cc1. The predicted octanol–water partition coefficient (Wildman–Crippen LogP) is 5.53. The monoisotopic (exact) mass is 385 g/mol. The first-order valence-electron chi connectivity index (χ1n) is 8.73. The zero-order valence-corrected chi connectivity index (χ0v) is 15.3. The average Bonchev–Trinajstić information content (AvgIpc) is 2.67. The van der Waals surface area contributed by atoms with E-state index in [1.807, 2.05) is 13.0 Å². The maximum atomic E-state index is 13.1. The van der Waals surface area contributed by atoms with Crippen LogP contribution < -0.4 is 10.2 Å². The van der Waals surface area contributed by atoms with Crippen LogP contribution in [-0.2, 0) is 6.18 Å². The van der Waals surface area contributed by atoms with Gasteiger partial charge in [-0.25, -0.2) is 4.79 Å². The van der Waals surface area contributed by atoms with E-state index < -0.39 is 23.8 Å². The smallest absolute Gasteiger partial charge is 0.327 e. The number of hydrogen-bond donors (Lipinski definition) is 1. The first kappa shape index (κ1) is 19.5. The zero-order chi connectivity index (χ0) is 20.5. The van der Waals surface area contributed by atoms with E-state index in [9.17, 15) is 18.0 Å². The molecule has 0 radical (unpaired) electrons. The summed E-state index contributed by atoms with van der Waals surface area (Å²) in [5.41, 5.74) is 2.16. The average molecular weight is 385 g/mol. The Kier molecular flexibility index (Phi) is 5.14. The van der Waals surface area contributed by atoms with Gasteiger partial charge in [-0.05, 0) is 54.8 Å². The van der Waals surface area contributed by atoms with Crippen LogP contribution in [0.5, 0.6) is 0 Å². The molecular weight excluding hydrogens is 367 g/mol. The van der Waals surface area contributed by atoms with E-state index in [-0.39, 0.29) is 5.69 Å². The summed E-state index contributed by atoms with van der Waals surface area (Å²) in [7, 11) is 0. The second kappa shape index (κ2) is 7.39. The van der Waals surface area contributed by atoms with Crippen LogP contribution in [0, 0.1) is 11.3 Å². The molecule has 0 spiro atoms. The van der Waals surface area contributed by atoms with Gasteiger partial charge in [0.05, 0.1) is 28.9 Å². The van der Waals surface area contributed by atoms with Crippen molar-refractivity contribution < 1.29 is 18.0 Å². The summed E-state index contributed by atoms with van der Waals surface area (Å²) >= 11 is 0. The van der Waals surface area contributed by atoms with Crippen molar-refractivity contribution in [2.75, 3.05) is 4.90 Å². The van der Waals surface area contributed by atoms with Gasteiger partial charge in [0.1, 0.15) is 0 Å². The van der Waals surface area contributed by atoms with Crippen molar-refractivity contribution in [1.82, 2.24) is 5.32 Å². The highest BCUT2D eigenvalue weighted by Crippen LogP contribution is 2.37. The third kappa shape index (κ3) is 3.58. The van der Waals surface area contributed by atoms with E-state index in [1.165, 1.54) is 17.0 Å². The van der Waals surface area contributed by atoms with E-state index in [0.717, 1.165) is 23.3 Å². The number of hydrogen-bond acceptors (Lipinski definition) is 2. The van der Waals surface area contributed by atoms with Gasteiger partial charge >= 0.3 is 12.2 Å². The molecule has 0 saturated heterocycles. The molecule has 1 atom stereocenters. The fourth-order valence-electron chi connectivity index (χ4n) is 3.41. The summed E-state index contributed by atoms with van der Waals surface area (Å²) < 4.78 is 39.2. The second-order valence-corrected chi connectivity index (χ2v) is 6.46. The van der Waals surface area contributed by atoms with Crippen molar-refractivity contribution >= 4 is 11.7 Å². The fraction of sp³-hybridized carbons (Fsp3) is 0.238. The third-order valence-corrected chi connectivity index (χ3v) is 4.81. The van der Waals surface area contributed by atoms with Crippen LogP contribution in [0.25, 0.3) is 0 Å². The van der Waals surface area contributed by atoms with Crippen molar-refractivity contribution in [3.05, 3.63) is 76.5 Å². The molecule has 7 heteroatoms. The Morgan fingerprint density at radius 3 is 2.43 bits per heavy atom. The molecule has 0 saturated carbocycles. The number of nitrogens with one attached hydrogen (secondary N) is 1. The number of allylic oxidation sites excluding steroid dienone is 1. The fourth-order valence-corrected chi connectivity index (χ4v) is 3.41. The maximum Gasteiger partial charge on any atom is 0.416 e. The highest BCUT2D eigenvalue weighted by atomic mass is 19.4. The molecule has 4 nitrogen and oxygen atoms in total. The van der Waals surface area contributed by atoms with Gasteiger partial charge in [-0.2, -0.15) is 18.4 Å². The van der Waals surface area contributed by atoms with Gasteiger partial charge < -0.3 is 5.32 Å².